The van der Waals surface area contributed by atoms with Crippen LogP contribution in [0.3, 0.4) is 0 Å². The summed E-state index contributed by atoms with van der Waals surface area (Å²) < 4.78 is 14.5. The van der Waals surface area contributed by atoms with Crippen LogP contribution >= 0.6 is 0 Å². The zero-order chi connectivity index (χ0) is 44.7. The zero-order valence-corrected chi connectivity index (χ0v) is 37.3. The van der Waals surface area contributed by atoms with Gasteiger partial charge < -0.3 is 14.4 Å². The molecule has 2 heterocycles. The smallest absolute Gasteiger partial charge is 0.140 e. The summed E-state index contributed by atoms with van der Waals surface area (Å²) in [5.41, 5.74) is 18.1. The quantitative estimate of drug-likeness (QED) is 0.166. The Labute approximate surface area is 391 Å². The highest BCUT2D eigenvalue weighted by atomic mass is 16.5. The number of benzene rings is 10. The minimum absolute atomic E-state index is 0.203. The lowest BCUT2D eigenvalue weighted by Crippen LogP contribution is -2.37. The van der Waals surface area contributed by atoms with Crippen molar-refractivity contribution in [3.05, 3.63) is 270 Å². The van der Waals surface area contributed by atoms with Crippen molar-refractivity contribution in [3.63, 3.8) is 0 Å². The highest BCUT2D eigenvalue weighted by Gasteiger charge is 2.52. The minimum Gasteiger partial charge on any atom is -0.457 e. The molecule has 1 aliphatic carbocycles. The van der Waals surface area contributed by atoms with Crippen LogP contribution in [0.1, 0.15) is 47.2 Å². The van der Waals surface area contributed by atoms with E-state index in [2.05, 4.69) is 255 Å². The molecular weight excluding hydrogens is 815 g/mol. The van der Waals surface area contributed by atoms with Gasteiger partial charge in [0.2, 0.25) is 0 Å². The number of para-hydroxylation sites is 4. The number of hydrogen-bond donors (Lipinski definition) is 0. The van der Waals surface area contributed by atoms with Crippen LogP contribution in [0.4, 0.5) is 17.1 Å². The van der Waals surface area contributed by atoms with Crippen LogP contribution in [-0.4, -0.2) is 0 Å². The van der Waals surface area contributed by atoms with E-state index in [0.29, 0.717) is 0 Å². The van der Waals surface area contributed by atoms with Crippen molar-refractivity contribution < 1.29 is 9.47 Å². The first-order valence-corrected chi connectivity index (χ1v) is 23.2. The molecule has 2 aliphatic heterocycles. The normalized spacial score (nSPS) is 14.0. The second-order valence-electron chi connectivity index (χ2n) is 18.3. The van der Waals surface area contributed by atoms with Crippen LogP contribution < -0.4 is 14.4 Å². The summed E-state index contributed by atoms with van der Waals surface area (Å²) in [7, 11) is 0. The third-order valence-electron chi connectivity index (χ3n) is 14.4. The van der Waals surface area contributed by atoms with Crippen LogP contribution in [-0.2, 0) is 10.8 Å². The second-order valence-corrected chi connectivity index (χ2v) is 18.3. The SMILES string of the molecule is CC1(C)c2ccccc2-c2ccc(N(c3cc(-c4ccccc4)c4c(c3)C3(c5ccccc5Oc5ccccc53)c3cccc(-c5ccccc5)c3O4)c3ccccc3-c3ccccc3)cc21. The van der Waals surface area contributed by atoms with E-state index >= 15 is 0 Å². The average molecular weight is 860 g/mol. The highest BCUT2D eigenvalue weighted by molar-refractivity contribution is 5.94. The van der Waals surface area contributed by atoms with Gasteiger partial charge in [-0.25, -0.2) is 0 Å². The molecule has 10 aromatic carbocycles. The third-order valence-corrected chi connectivity index (χ3v) is 14.4. The van der Waals surface area contributed by atoms with Crippen molar-refractivity contribution in [1.82, 2.24) is 0 Å². The van der Waals surface area contributed by atoms with E-state index in [-0.39, 0.29) is 5.41 Å². The van der Waals surface area contributed by atoms with Crippen molar-refractivity contribution in [3.8, 4) is 67.5 Å². The molecule has 13 rings (SSSR count). The molecule has 3 nitrogen and oxygen atoms in total. The Hall–Kier alpha value is -8.40. The van der Waals surface area contributed by atoms with Crippen LogP contribution in [0.5, 0.6) is 23.0 Å². The number of anilines is 3. The zero-order valence-electron chi connectivity index (χ0n) is 37.3. The number of ether oxygens (including phenoxy) is 2. The Kier molecular flexibility index (Phi) is 8.78. The molecule has 0 aromatic heterocycles. The Morgan fingerprint density at radius 1 is 0.313 bits per heavy atom. The fraction of sp³-hybridized carbons (Fsp3) is 0.0625. The average Bonchev–Trinajstić information content (AvgIpc) is 3.62. The summed E-state index contributed by atoms with van der Waals surface area (Å²) in [6.45, 7) is 4.72. The van der Waals surface area contributed by atoms with Gasteiger partial charge >= 0.3 is 0 Å². The molecule has 0 amide bonds. The van der Waals surface area contributed by atoms with E-state index in [1.807, 2.05) is 0 Å². The number of nitrogens with zero attached hydrogens (tertiary/aromatic N) is 1. The molecular formula is C64H45NO2. The highest BCUT2D eigenvalue weighted by Crippen LogP contribution is 2.65. The van der Waals surface area contributed by atoms with Gasteiger partial charge in [-0.2, -0.15) is 0 Å². The van der Waals surface area contributed by atoms with Gasteiger partial charge in [0.15, 0.2) is 0 Å². The molecule has 67 heavy (non-hydrogen) atoms. The monoisotopic (exact) mass is 859 g/mol. The van der Waals surface area contributed by atoms with Crippen molar-refractivity contribution >= 4 is 17.1 Å². The predicted octanol–water partition coefficient (Wildman–Crippen LogP) is 17.1. The maximum atomic E-state index is 7.61. The van der Waals surface area contributed by atoms with E-state index in [4.69, 9.17) is 9.47 Å². The lowest BCUT2D eigenvalue weighted by atomic mass is 9.61. The molecule has 0 bridgehead atoms. The van der Waals surface area contributed by atoms with Crippen molar-refractivity contribution in [2.45, 2.75) is 24.7 Å². The maximum absolute atomic E-state index is 7.61. The molecule has 0 fully saturated rings. The van der Waals surface area contributed by atoms with Gasteiger partial charge in [0.05, 0.1) is 11.1 Å². The summed E-state index contributed by atoms with van der Waals surface area (Å²) in [5.74, 6) is 3.30. The Morgan fingerprint density at radius 2 is 0.791 bits per heavy atom. The molecule has 0 saturated carbocycles. The van der Waals surface area contributed by atoms with Crippen LogP contribution in [0.2, 0.25) is 0 Å². The topological polar surface area (TPSA) is 21.7 Å². The van der Waals surface area contributed by atoms with Crippen molar-refractivity contribution in [2.75, 3.05) is 4.90 Å². The van der Waals surface area contributed by atoms with Crippen LogP contribution in [0.25, 0.3) is 44.5 Å². The lowest BCUT2D eigenvalue weighted by molar-refractivity contribution is 0.401. The summed E-state index contributed by atoms with van der Waals surface area (Å²) in [5, 5.41) is 0. The first-order chi connectivity index (χ1) is 33.0. The first-order valence-electron chi connectivity index (χ1n) is 23.2. The Morgan fingerprint density at radius 3 is 1.46 bits per heavy atom. The van der Waals surface area contributed by atoms with Crippen LogP contribution in [0.15, 0.2) is 237 Å². The fourth-order valence-electron chi connectivity index (χ4n) is 11.4. The van der Waals surface area contributed by atoms with Crippen LogP contribution in [0, 0.1) is 0 Å². The van der Waals surface area contributed by atoms with Gasteiger partial charge in [-0.05, 0) is 81.4 Å². The summed E-state index contributed by atoms with van der Waals surface area (Å²) in [6, 6.07) is 85.5. The maximum Gasteiger partial charge on any atom is 0.140 e. The Bertz CT molecular complexity index is 3510. The molecule has 3 heteroatoms. The van der Waals surface area contributed by atoms with Crippen molar-refractivity contribution in [1.29, 1.82) is 0 Å². The van der Waals surface area contributed by atoms with Crippen molar-refractivity contribution in [2.24, 2.45) is 0 Å². The summed E-state index contributed by atoms with van der Waals surface area (Å²) >= 11 is 0. The first kappa shape index (κ1) is 39.0. The van der Waals surface area contributed by atoms with Gasteiger partial charge in [0, 0.05) is 55.7 Å². The number of rotatable bonds is 6. The standard InChI is InChI=1S/C64H45NO2/c1-63(2)52-30-14-12-28-49(52)50-38-37-45(40-56(50)63)65(58-34-17-13-27-47(58)42-21-6-3-7-22-42)46-39-51(44-25-10-5-11-26-44)62-57(41-46)64(53-31-15-18-35-59(53)66-60-36-19-16-32-54(60)64)55-33-20-29-48(61(55)67-62)43-23-8-4-9-24-43/h3-41H,1-2H3. The molecule has 0 radical (unpaired) electrons. The second kappa shape index (κ2) is 15.1. The van der Waals surface area contributed by atoms with E-state index in [9.17, 15) is 0 Å². The third kappa shape index (κ3) is 5.84. The van der Waals surface area contributed by atoms with Gasteiger partial charge in [0.1, 0.15) is 23.0 Å². The fourth-order valence-corrected chi connectivity index (χ4v) is 11.4. The summed E-state index contributed by atoms with van der Waals surface area (Å²) in [4.78, 5) is 2.48. The molecule has 0 atom stereocenters. The molecule has 0 unspecified atom stereocenters. The lowest BCUT2D eigenvalue weighted by Gasteiger charge is -2.46. The molecule has 0 N–H and O–H groups in total. The van der Waals surface area contributed by atoms with Gasteiger partial charge in [-0.1, -0.05) is 208 Å². The predicted molar refractivity (Wildman–Crippen MR) is 273 cm³/mol. The van der Waals surface area contributed by atoms with Gasteiger partial charge in [-0.15, -0.1) is 0 Å². The van der Waals surface area contributed by atoms with Gasteiger partial charge in [0.25, 0.3) is 0 Å². The number of hydrogen-bond acceptors (Lipinski definition) is 3. The van der Waals surface area contributed by atoms with E-state index in [1.54, 1.807) is 0 Å². The molecule has 3 aliphatic rings. The minimum atomic E-state index is -0.856. The van der Waals surface area contributed by atoms with E-state index in [0.717, 1.165) is 95.7 Å². The molecule has 0 saturated heterocycles. The summed E-state index contributed by atoms with van der Waals surface area (Å²) in [6.07, 6.45) is 0. The van der Waals surface area contributed by atoms with E-state index in [1.165, 1.54) is 22.3 Å². The molecule has 1 spiro atoms. The molecule has 318 valence electrons. The molecule has 10 aromatic rings. The Balaban J connectivity index is 1.17. The van der Waals surface area contributed by atoms with E-state index < -0.39 is 5.41 Å². The largest absolute Gasteiger partial charge is 0.457 e. The van der Waals surface area contributed by atoms with Gasteiger partial charge in [-0.3, -0.25) is 0 Å². The number of fused-ring (bicyclic) bond motifs is 11.